The molecule has 0 aliphatic heterocycles. The second-order valence-electron chi connectivity index (χ2n) is 2.29. The molecule has 0 fully saturated rings. The molecule has 68 valence electrons. The van der Waals surface area contributed by atoms with E-state index in [9.17, 15) is 0 Å². The predicted octanol–water partition coefficient (Wildman–Crippen LogP) is 3.57. The molecule has 0 saturated carbocycles. The first-order valence-corrected chi connectivity index (χ1v) is 4.11. The summed E-state index contributed by atoms with van der Waals surface area (Å²) in [5.74, 6) is 0. The summed E-state index contributed by atoms with van der Waals surface area (Å²) in [4.78, 5) is 8.09. The zero-order valence-corrected chi connectivity index (χ0v) is 7.47. The zero-order valence-electron chi connectivity index (χ0n) is 5.96. The highest BCUT2D eigenvalue weighted by atomic mass is 35.5. The van der Waals surface area contributed by atoms with Gasteiger partial charge in [-0.05, 0) is 12.1 Å². The monoisotopic (exact) mass is 214 g/mol. The Morgan fingerprint density at radius 2 is 1.23 bits per heavy atom. The van der Waals surface area contributed by atoms with Crippen LogP contribution in [0.1, 0.15) is 7.43 Å². The van der Waals surface area contributed by atoms with Crippen molar-refractivity contribution >= 4 is 34.2 Å². The van der Waals surface area contributed by atoms with Gasteiger partial charge in [-0.2, -0.15) is 0 Å². The summed E-state index contributed by atoms with van der Waals surface area (Å²) in [5.41, 5.74) is 1.51. The van der Waals surface area contributed by atoms with Crippen LogP contribution in [0.15, 0.2) is 24.3 Å². The molecule has 0 unspecified atom stereocenters. The Labute approximate surface area is 86.5 Å². The van der Waals surface area contributed by atoms with Gasteiger partial charge in [-0.25, -0.2) is 9.97 Å². The molecular weight excluding hydrogens is 207 g/mol. The number of halogens is 2. The highest BCUT2D eigenvalue weighted by Gasteiger charge is 2.02. The average Bonchev–Trinajstić information content (AvgIpc) is 2.07. The first-order valence-electron chi connectivity index (χ1n) is 3.35. The van der Waals surface area contributed by atoms with Crippen molar-refractivity contribution in [3.8, 4) is 0 Å². The summed E-state index contributed by atoms with van der Waals surface area (Å²) < 4.78 is 0. The van der Waals surface area contributed by atoms with E-state index in [1.165, 1.54) is 0 Å². The smallest absolute Gasteiger partial charge is 0.167 e. The minimum Gasteiger partial charge on any atom is -0.231 e. The van der Waals surface area contributed by atoms with E-state index in [-0.39, 0.29) is 17.7 Å². The number of aromatic nitrogens is 2. The number of fused-ring (bicyclic) bond motifs is 1. The minimum atomic E-state index is 0. The molecule has 0 spiro atoms. The molecule has 1 aromatic heterocycles. The second kappa shape index (κ2) is 3.90. The number of para-hydroxylation sites is 2. The van der Waals surface area contributed by atoms with Gasteiger partial charge in [0.15, 0.2) is 10.3 Å². The zero-order chi connectivity index (χ0) is 8.55. The van der Waals surface area contributed by atoms with Gasteiger partial charge in [0.05, 0.1) is 11.0 Å². The van der Waals surface area contributed by atoms with Crippen LogP contribution in [0.4, 0.5) is 0 Å². The maximum atomic E-state index is 5.68. The van der Waals surface area contributed by atoms with Crippen LogP contribution in [-0.2, 0) is 0 Å². The van der Waals surface area contributed by atoms with Crippen LogP contribution in [0.5, 0.6) is 0 Å². The summed E-state index contributed by atoms with van der Waals surface area (Å²) in [6.07, 6.45) is 0. The molecule has 4 heteroatoms. The van der Waals surface area contributed by atoms with Crippen LogP contribution in [0.25, 0.3) is 11.0 Å². The fraction of sp³-hybridized carbons (Fsp3) is 0.111. The highest BCUT2D eigenvalue weighted by molar-refractivity contribution is 6.40. The van der Waals surface area contributed by atoms with Crippen molar-refractivity contribution < 1.29 is 0 Å². The fourth-order valence-electron chi connectivity index (χ4n) is 0.957. The molecule has 0 atom stereocenters. The number of hydrogen-bond donors (Lipinski definition) is 0. The SMILES string of the molecule is C.Clc1nc2ccccc2nc1Cl. The summed E-state index contributed by atoms with van der Waals surface area (Å²) in [6, 6.07) is 7.43. The van der Waals surface area contributed by atoms with Gasteiger partial charge in [-0.15, -0.1) is 0 Å². The largest absolute Gasteiger partial charge is 0.231 e. The van der Waals surface area contributed by atoms with E-state index < -0.39 is 0 Å². The second-order valence-corrected chi connectivity index (χ2v) is 3.01. The molecule has 0 amide bonds. The molecule has 2 nitrogen and oxygen atoms in total. The number of hydrogen-bond acceptors (Lipinski definition) is 2. The third-order valence-corrected chi connectivity index (χ3v) is 2.11. The van der Waals surface area contributed by atoms with Gasteiger partial charge < -0.3 is 0 Å². The van der Waals surface area contributed by atoms with E-state index in [0.29, 0.717) is 0 Å². The molecule has 0 bridgehead atoms. The van der Waals surface area contributed by atoms with Crippen LogP contribution < -0.4 is 0 Å². The van der Waals surface area contributed by atoms with Gasteiger partial charge in [0.1, 0.15) is 0 Å². The lowest BCUT2D eigenvalue weighted by Gasteiger charge is -1.97. The molecule has 0 N–H and O–H groups in total. The molecule has 0 aliphatic carbocycles. The van der Waals surface area contributed by atoms with Crippen molar-refractivity contribution in [1.82, 2.24) is 9.97 Å². The van der Waals surface area contributed by atoms with E-state index in [4.69, 9.17) is 23.2 Å². The first kappa shape index (κ1) is 10.2. The van der Waals surface area contributed by atoms with Gasteiger partial charge in [0, 0.05) is 0 Å². The van der Waals surface area contributed by atoms with Crippen molar-refractivity contribution in [3.05, 3.63) is 34.6 Å². The van der Waals surface area contributed by atoms with Crippen molar-refractivity contribution in [2.75, 3.05) is 0 Å². The molecule has 1 aromatic carbocycles. The molecule has 0 aliphatic rings. The molecule has 13 heavy (non-hydrogen) atoms. The van der Waals surface area contributed by atoms with Gasteiger partial charge >= 0.3 is 0 Å². The van der Waals surface area contributed by atoms with Crippen LogP contribution >= 0.6 is 23.2 Å². The average molecular weight is 215 g/mol. The summed E-state index contributed by atoms with van der Waals surface area (Å²) in [7, 11) is 0. The van der Waals surface area contributed by atoms with Crippen LogP contribution in [0, 0.1) is 0 Å². The minimum absolute atomic E-state index is 0. The van der Waals surface area contributed by atoms with Crippen molar-refractivity contribution in [1.29, 1.82) is 0 Å². The van der Waals surface area contributed by atoms with Crippen LogP contribution in [0.3, 0.4) is 0 Å². The number of nitrogens with zero attached hydrogens (tertiary/aromatic N) is 2. The quantitative estimate of drug-likeness (QED) is 0.671. The van der Waals surface area contributed by atoms with Crippen molar-refractivity contribution in [2.24, 2.45) is 0 Å². The normalized spacial score (nSPS) is 9.69. The molecule has 1 heterocycles. The van der Waals surface area contributed by atoms with E-state index in [1.54, 1.807) is 0 Å². The Hall–Kier alpha value is -0.860. The van der Waals surface area contributed by atoms with E-state index in [0.717, 1.165) is 11.0 Å². The van der Waals surface area contributed by atoms with Gasteiger partial charge in [-0.1, -0.05) is 42.8 Å². The Morgan fingerprint density at radius 3 is 1.62 bits per heavy atom. The number of benzene rings is 1. The molecule has 0 saturated heterocycles. The molecule has 2 rings (SSSR count). The van der Waals surface area contributed by atoms with E-state index in [1.807, 2.05) is 24.3 Å². The predicted molar refractivity (Wildman–Crippen MR) is 56.3 cm³/mol. The Bertz CT molecular complexity index is 388. The molecule has 2 aromatic rings. The van der Waals surface area contributed by atoms with Crippen LogP contribution in [-0.4, -0.2) is 9.97 Å². The maximum absolute atomic E-state index is 5.68. The third-order valence-electron chi connectivity index (χ3n) is 1.49. The topological polar surface area (TPSA) is 25.8 Å². The Balaban J connectivity index is 0.000000845. The molecule has 0 radical (unpaired) electrons. The first-order chi connectivity index (χ1) is 5.77. The van der Waals surface area contributed by atoms with E-state index >= 15 is 0 Å². The highest BCUT2D eigenvalue weighted by Crippen LogP contribution is 2.20. The van der Waals surface area contributed by atoms with Gasteiger partial charge in [-0.3, -0.25) is 0 Å². The third kappa shape index (κ3) is 1.90. The lowest BCUT2D eigenvalue weighted by atomic mass is 10.3. The molecular formula is C9H8Cl2N2. The Kier molecular flexibility index (Phi) is 3.07. The van der Waals surface area contributed by atoms with Crippen molar-refractivity contribution in [3.63, 3.8) is 0 Å². The maximum Gasteiger partial charge on any atom is 0.167 e. The lowest BCUT2D eigenvalue weighted by molar-refractivity contribution is 1.29. The number of rotatable bonds is 0. The van der Waals surface area contributed by atoms with Gasteiger partial charge in [0.25, 0.3) is 0 Å². The summed E-state index contributed by atoms with van der Waals surface area (Å²) >= 11 is 11.4. The van der Waals surface area contributed by atoms with Crippen molar-refractivity contribution in [2.45, 2.75) is 7.43 Å². The standard InChI is InChI=1S/C8H4Cl2N2.CH4/c9-7-8(10)12-6-4-2-1-3-5(6)11-7;/h1-4H;1H4. The summed E-state index contributed by atoms with van der Waals surface area (Å²) in [6.45, 7) is 0. The van der Waals surface area contributed by atoms with Gasteiger partial charge in [0.2, 0.25) is 0 Å². The summed E-state index contributed by atoms with van der Waals surface area (Å²) in [5, 5.41) is 0.491. The lowest BCUT2D eigenvalue weighted by Crippen LogP contribution is -1.85. The Morgan fingerprint density at radius 1 is 0.846 bits per heavy atom. The van der Waals surface area contributed by atoms with E-state index in [2.05, 4.69) is 9.97 Å². The fourth-order valence-corrected chi connectivity index (χ4v) is 1.22. The van der Waals surface area contributed by atoms with Crippen LogP contribution in [0.2, 0.25) is 10.3 Å².